The zero-order valence-electron chi connectivity index (χ0n) is 13.1. The molecule has 2 unspecified atom stereocenters. The van der Waals surface area contributed by atoms with Gasteiger partial charge in [0.25, 0.3) is 0 Å². The minimum absolute atomic E-state index is 0.0320. The first-order valence-corrected chi connectivity index (χ1v) is 7.79. The molecule has 1 heterocycles. The summed E-state index contributed by atoms with van der Waals surface area (Å²) in [6.45, 7) is 0.438. The summed E-state index contributed by atoms with van der Waals surface area (Å²) in [6.07, 6.45) is 0.891. The molecule has 1 fully saturated rings. The number of piperidine rings is 1. The lowest BCUT2D eigenvalue weighted by Crippen LogP contribution is -2.50. The summed E-state index contributed by atoms with van der Waals surface area (Å²) in [7, 11) is 3.35. The van der Waals surface area contributed by atoms with Gasteiger partial charge in [-0.15, -0.1) is 0 Å². The fraction of sp³-hybridized carbons (Fsp3) is 0.500. The number of halogens is 2. The summed E-state index contributed by atoms with van der Waals surface area (Å²) in [4.78, 5) is 26.8. The zero-order valence-corrected chi connectivity index (χ0v) is 13.9. The van der Waals surface area contributed by atoms with E-state index in [1.54, 1.807) is 31.1 Å². The molecular formula is C16H20ClFN2O3. The van der Waals surface area contributed by atoms with Crippen LogP contribution in [0.1, 0.15) is 18.4 Å². The van der Waals surface area contributed by atoms with Crippen molar-refractivity contribution in [3.63, 3.8) is 0 Å². The fourth-order valence-corrected chi connectivity index (χ4v) is 3.09. The molecule has 0 spiro atoms. The van der Waals surface area contributed by atoms with Crippen LogP contribution in [0.3, 0.4) is 0 Å². The van der Waals surface area contributed by atoms with Crippen LogP contribution in [-0.4, -0.2) is 53.5 Å². The van der Waals surface area contributed by atoms with Crippen molar-refractivity contribution in [1.29, 1.82) is 0 Å². The molecule has 1 aliphatic heterocycles. The number of carboxylic acids is 1. The van der Waals surface area contributed by atoms with Gasteiger partial charge in [0, 0.05) is 37.8 Å². The van der Waals surface area contributed by atoms with Gasteiger partial charge in [0.05, 0.1) is 5.92 Å². The first kappa shape index (κ1) is 17.7. The third-order valence-electron chi connectivity index (χ3n) is 4.15. The van der Waals surface area contributed by atoms with E-state index in [1.165, 1.54) is 11.0 Å². The molecule has 0 saturated carbocycles. The average molecular weight is 343 g/mol. The van der Waals surface area contributed by atoms with Crippen LogP contribution in [0.5, 0.6) is 0 Å². The average Bonchev–Trinajstić information content (AvgIpc) is 2.48. The Morgan fingerprint density at radius 1 is 1.39 bits per heavy atom. The molecular weight excluding hydrogens is 323 g/mol. The highest BCUT2D eigenvalue weighted by molar-refractivity contribution is 6.30. The molecule has 1 N–H and O–H groups in total. The summed E-state index contributed by atoms with van der Waals surface area (Å²) >= 11 is 5.74. The lowest BCUT2D eigenvalue weighted by atomic mass is 9.91. The minimum atomic E-state index is -0.949. The Kier molecular flexibility index (Phi) is 5.59. The van der Waals surface area contributed by atoms with E-state index in [1.807, 2.05) is 0 Å². The maximum atomic E-state index is 14.0. The number of aliphatic carboxylic acids is 1. The standard InChI is InChI=1S/C16H20ClFN2O3/c1-19(2)15(21)11-4-6-14(16(22)23)20(9-11)8-10-3-5-12(17)7-13(10)18/h3,5,7,11,14H,4,6,8-9H2,1-2H3,(H,22,23). The molecule has 126 valence electrons. The van der Waals surface area contributed by atoms with Crippen LogP contribution in [0.4, 0.5) is 4.39 Å². The van der Waals surface area contributed by atoms with E-state index in [9.17, 15) is 19.1 Å². The summed E-state index contributed by atoms with van der Waals surface area (Å²) in [5, 5.41) is 9.67. The first-order chi connectivity index (χ1) is 10.8. The van der Waals surface area contributed by atoms with Crippen molar-refractivity contribution in [2.24, 2.45) is 5.92 Å². The van der Waals surface area contributed by atoms with Gasteiger partial charge >= 0.3 is 5.97 Å². The summed E-state index contributed by atoms with van der Waals surface area (Å²) < 4.78 is 14.0. The highest BCUT2D eigenvalue weighted by Crippen LogP contribution is 2.26. The van der Waals surface area contributed by atoms with E-state index in [-0.39, 0.29) is 18.4 Å². The molecule has 1 amide bonds. The number of rotatable bonds is 4. The van der Waals surface area contributed by atoms with Gasteiger partial charge in [-0.2, -0.15) is 0 Å². The SMILES string of the molecule is CN(C)C(=O)C1CCC(C(=O)O)N(Cc2ccc(Cl)cc2F)C1. The molecule has 5 nitrogen and oxygen atoms in total. The van der Waals surface area contributed by atoms with Gasteiger partial charge in [0.15, 0.2) is 0 Å². The Labute approximate surface area is 139 Å². The number of hydrogen-bond acceptors (Lipinski definition) is 3. The number of nitrogens with zero attached hydrogens (tertiary/aromatic N) is 2. The Bertz CT molecular complexity index is 609. The lowest BCUT2D eigenvalue weighted by Gasteiger charge is -2.37. The van der Waals surface area contributed by atoms with Gasteiger partial charge in [-0.3, -0.25) is 14.5 Å². The van der Waals surface area contributed by atoms with Crippen LogP contribution in [0.25, 0.3) is 0 Å². The normalized spacial score (nSPS) is 21.9. The Morgan fingerprint density at radius 3 is 2.65 bits per heavy atom. The molecule has 0 bridgehead atoms. The van der Waals surface area contributed by atoms with Crippen molar-refractivity contribution in [3.05, 3.63) is 34.6 Å². The van der Waals surface area contributed by atoms with Gasteiger partial charge in [-0.05, 0) is 25.0 Å². The van der Waals surface area contributed by atoms with Crippen LogP contribution in [0, 0.1) is 11.7 Å². The summed E-state index contributed by atoms with van der Waals surface area (Å²) in [5.41, 5.74) is 0.374. The van der Waals surface area contributed by atoms with E-state index < -0.39 is 17.8 Å². The van der Waals surface area contributed by atoms with Crippen LogP contribution >= 0.6 is 11.6 Å². The van der Waals surface area contributed by atoms with Crippen molar-refractivity contribution < 1.29 is 19.1 Å². The number of likely N-dealkylation sites (tertiary alicyclic amines) is 1. The minimum Gasteiger partial charge on any atom is -0.480 e. The zero-order chi connectivity index (χ0) is 17.1. The number of benzene rings is 1. The third kappa shape index (κ3) is 4.20. The van der Waals surface area contributed by atoms with Crippen molar-refractivity contribution in [2.75, 3.05) is 20.6 Å². The van der Waals surface area contributed by atoms with Crippen molar-refractivity contribution >= 4 is 23.5 Å². The molecule has 1 aliphatic rings. The van der Waals surface area contributed by atoms with Crippen LogP contribution in [-0.2, 0) is 16.1 Å². The number of amides is 1. The second-order valence-electron chi connectivity index (χ2n) is 6.03. The number of carboxylic acid groups (broad SMARTS) is 1. The molecule has 0 aliphatic carbocycles. The molecule has 1 saturated heterocycles. The van der Waals surface area contributed by atoms with E-state index in [0.717, 1.165) is 0 Å². The summed E-state index contributed by atoms with van der Waals surface area (Å²) in [6, 6.07) is 3.62. The second kappa shape index (κ2) is 7.27. The fourth-order valence-electron chi connectivity index (χ4n) is 2.93. The smallest absolute Gasteiger partial charge is 0.320 e. The quantitative estimate of drug-likeness (QED) is 0.911. The molecule has 7 heteroatoms. The maximum absolute atomic E-state index is 14.0. The van der Waals surface area contributed by atoms with Gasteiger partial charge in [0.2, 0.25) is 5.91 Å². The van der Waals surface area contributed by atoms with Gasteiger partial charge < -0.3 is 10.0 Å². The molecule has 0 aromatic heterocycles. The predicted molar refractivity (Wildman–Crippen MR) is 84.7 cm³/mol. The van der Waals surface area contributed by atoms with E-state index in [0.29, 0.717) is 30.0 Å². The Morgan fingerprint density at radius 2 is 2.09 bits per heavy atom. The van der Waals surface area contributed by atoms with Crippen molar-refractivity contribution in [1.82, 2.24) is 9.80 Å². The molecule has 1 aromatic rings. The summed E-state index contributed by atoms with van der Waals surface area (Å²) in [5.74, 6) is -1.72. The lowest BCUT2D eigenvalue weighted by molar-refractivity contribution is -0.148. The molecule has 1 aromatic carbocycles. The van der Waals surface area contributed by atoms with Crippen molar-refractivity contribution in [3.8, 4) is 0 Å². The van der Waals surface area contributed by atoms with Crippen LogP contribution in [0.2, 0.25) is 5.02 Å². The highest BCUT2D eigenvalue weighted by Gasteiger charge is 2.36. The largest absolute Gasteiger partial charge is 0.480 e. The predicted octanol–water partition coefficient (Wildman–Crippen LogP) is 2.23. The Balaban J connectivity index is 2.19. The van der Waals surface area contributed by atoms with E-state index in [2.05, 4.69) is 0 Å². The van der Waals surface area contributed by atoms with Crippen LogP contribution < -0.4 is 0 Å². The van der Waals surface area contributed by atoms with Crippen molar-refractivity contribution in [2.45, 2.75) is 25.4 Å². The Hall–Kier alpha value is -1.66. The molecule has 2 rings (SSSR count). The van der Waals surface area contributed by atoms with E-state index >= 15 is 0 Å². The van der Waals surface area contributed by atoms with Crippen LogP contribution in [0.15, 0.2) is 18.2 Å². The number of hydrogen-bond donors (Lipinski definition) is 1. The topological polar surface area (TPSA) is 60.9 Å². The molecule has 23 heavy (non-hydrogen) atoms. The van der Waals surface area contributed by atoms with Gasteiger partial charge in [-0.1, -0.05) is 17.7 Å². The monoisotopic (exact) mass is 342 g/mol. The van der Waals surface area contributed by atoms with E-state index in [4.69, 9.17) is 11.6 Å². The third-order valence-corrected chi connectivity index (χ3v) is 4.38. The molecule has 0 radical (unpaired) electrons. The van der Waals surface area contributed by atoms with Gasteiger partial charge in [-0.25, -0.2) is 4.39 Å². The molecule has 2 atom stereocenters. The number of carbonyl (C=O) groups excluding carboxylic acids is 1. The number of carbonyl (C=O) groups is 2. The first-order valence-electron chi connectivity index (χ1n) is 7.41. The highest BCUT2D eigenvalue weighted by atomic mass is 35.5. The second-order valence-corrected chi connectivity index (χ2v) is 6.46. The van der Waals surface area contributed by atoms with Gasteiger partial charge in [0.1, 0.15) is 11.9 Å². The maximum Gasteiger partial charge on any atom is 0.320 e.